The van der Waals surface area contributed by atoms with E-state index in [4.69, 9.17) is 0 Å². The maximum atomic E-state index is 4.05. The van der Waals surface area contributed by atoms with Crippen LogP contribution in [0.15, 0.2) is 24.4 Å². The number of aromatic amines is 1. The van der Waals surface area contributed by atoms with Crippen molar-refractivity contribution in [3.63, 3.8) is 0 Å². The number of anilines is 1. The number of H-pyrrole nitrogens is 1. The minimum absolute atomic E-state index is 0.554. The molecule has 4 nitrogen and oxygen atoms in total. The Kier molecular flexibility index (Phi) is 2.29. The van der Waals surface area contributed by atoms with Crippen LogP contribution in [-0.4, -0.2) is 35.9 Å². The van der Waals surface area contributed by atoms with Gasteiger partial charge in [0.1, 0.15) is 0 Å². The van der Waals surface area contributed by atoms with Crippen LogP contribution in [0.2, 0.25) is 0 Å². The molecule has 1 atom stereocenters. The van der Waals surface area contributed by atoms with E-state index in [-0.39, 0.29) is 0 Å². The summed E-state index contributed by atoms with van der Waals surface area (Å²) in [6.07, 6.45) is 1.88. The van der Waals surface area contributed by atoms with Crippen LogP contribution >= 0.6 is 0 Å². The minimum atomic E-state index is 0.554. The molecular weight excluding hydrogens is 200 g/mol. The van der Waals surface area contributed by atoms with Crippen LogP contribution < -0.4 is 10.2 Å². The van der Waals surface area contributed by atoms with Gasteiger partial charge in [0.2, 0.25) is 0 Å². The normalized spacial score (nSPS) is 21.6. The van der Waals surface area contributed by atoms with Crippen molar-refractivity contribution in [2.45, 2.75) is 13.0 Å². The average Bonchev–Trinajstić information content (AvgIpc) is 2.76. The Morgan fingerprint density at radius 2 is 2.38 bits per heavy atom. The molecule has 16 heavy (non-hydrogen) atoms. The summed E-state index contributed by atoms with van der Waals surface area (Å²) in [5.74, 6) is 0. The highest BCUT2D eigenvalue weighted by Gasteiger charge is 2.18. The summed E-state index contributed by atoms with van der Waals surface area (Å²) in [4.78, 5) is 2.45. The van der Waals surface area contributed by atoms with Gasteiger partial charge < -0.3 is 10.2 Å². The Labute approximate surface area is 94.6 Å². The Morgan fingerprint density at radius 1 is 1.44 bits per heavy atom. The molecule has 0 spiro atoms. The summed E-state index contributed by atoms with van der Waals surface area (Å²) in [7, 11) is 0. The van der Waals surface area contributed by atoms with Crippen molar-refractivity contribution in [1.82, 2.24) is 15.5 Å². The van der Waals surface area contributed by atoms with Gasteiger partial charge in [-0.05, 0) is 25.1 Å². The SMILES string of the molecule is C[C@H]1CNCCN1c1ccc2[nH]ncc2c1. The van der Waals surface area contributed by atoms with E-state index in [1.54, 1.807) is 0 Å². The maximum Gasteiger partial charge on any atom is 0.0651 e. The number of piperazine rings is 1. The summed E-state index contributed by atoms with van der Waals surface area (Å²) in [6.45, 7) is 5.45. The van der Waals surface area contributed by atoms with Crippen molar-refractivity contribution in [3.05, 3.63) is 24.4 Å². The van der Waals surface area contributed by atoms with Crippen LogP contribution in [0.25, 0.3) is 10.9 Å². The first-order chi connectivity index (χ1) is 7.84. The Morgan fingerprint density at radius 3 is 3.25 bits per heavy atom. The molecule has 1 saturated heterocycles. The molecule has 2 heterocycles. The number of rotatable bonds is 1. The van der Waals surface area contributed by atoms with Crippen LogP contribution in [-0.2, 0) is 0 Å². The van der Waals surface area contributed by atoms with Gasteiger partial charge in [0.25, 0.3) is 0 Å². The Hall–Kier alpha value is -1.55. The van der Waals surface area contributed by atoms with Gasteiger partial charge in [-0.1, -0.05) is 0 Å². The Bertz CT molecular complexity index is 490. The fourth-order valence-corrected chi connectivity index (χ4v) is 2.33. The zero-order valence-electron chi connectivity index (χ0n) is 9.40. The van der Waals surface area contributed by atoms with Gasteiger partial charge in [-0.2, -0.15) is 5.10 Å². The van der Waals surface area contributed by atoms with E-state index >= 15 is 0 Å². The summed E-state index contributed by atoms with van der Waals surface area (Å²) in [5.41, 5.74) is 2.40. The molecule has 0 amide bonds. The molecule has 4 heteroatoms. The third-order valence-corrected chi connectivity index (χ3v) is 3.26. The lowest BCUT2D eigenvalue weighted by atomic mass is 10.1. The molecule has 3 rings (SSSR count). The zero-order chi connectivity index (χ0) is 11.0. The van der Waals surface area contributed by atoms with Crippen LogP contribution in [0, 0.1) is 0 Å². The number of benzene rings is 1. The van der Waals surface area contributed by atoms with Gasteiger partial charge in [0.15, 0.2) is 0 Å². The molecule has 1 fully saturated rings. The fourth-order valence-electron chi connectivity index (χ4n) is 2.33. The first-order valence-corrected chi connectivity index (χ1v) is 5.75. The van der Waals surface area contributed by atoms with Gasteiger partial charge in [-0.15, -0.1) is 0 Å². The predicted molar refractivity (Wildman–Crippen MR) is 65.8 cm³/mol. The van der Waals surface area contributed by atoms with Crippen molar-refractivity contribution in [1.29, 1.82) is 0 Å². The van der Waals surface area contributed by atoms with Gasteiger partial charge in [-0.25, -0.2) is 0 Å². The Balaban J connectivity index is 1.97. The molecule has 1 aromatic carbocycles. The quantitative estimate of drug-likeness (QED) is 0.756. The molecule has 0 bridgehead atoms. The fraction of sp³-hybridized carbons (Fsp3) is 0.417. The van der Waals surface area contributed by atoms with Crippen molar-refractivity contribution < 1.29 is 0 Å². The molecule has 0 unspecified atom stereocenters. The first-order valence-electron chi connectivity index (χ1n) is 5.75. The van der Waals surface area contributed by atoms with Crippen LogP contribution in [0.1, 0.15) is 6.92 Å². The number of hydrogen-bond donors (Lipinski definition) is 2. The smallest absolute Gasteiger partial charge is 0.0651 e. The molecule has 84 valence electrons. The van der Waals surface area contributed by atoms with E-state index in [2.05, 4.69) is 45.5 Å². The van der Waals surface area contributed by atoms with E-state index in [0.717, 1.165) is 25.2 Å². The predicted octanol–water partition coefficient (Wildman–Crippen LogP) is 1.36. The summed E-state index contributed by atoms with van der Waals surface area (Å²) in [5, 5.41) is 11.6. The largest absolute Gasteiger partial charge is 0.366 e. The number of nitrogens with one attached hydrogen (secondary N) is 2. The van der Waals surface area contributed by atoms with Crippen LogP contribution in [0.5, 0.6) is 0 Å². The molecule has 0 aliphatic carbocycles. The second-order valence-corrected chi connectivity index (χ2v) is 4.39. The number of hydrogen-bond acceptors (Lipinski definition) is 3. The van der Waals surface area contributed by atoms with E-state index in [9.17, 15) is 0 Å². The topological polar surface area (TPSA) is 44.0 Å². The van der Waals surface area contributed by atoms with Crippen molar-refractivity contribution >= 4 is 16.6 Å². The van der Waals surface area contributed by atoms with E-state index < -0.39 is 0 Å². The lowest BCUT2D eigenvalue weighted by Gasteiger charge is -2.35. The molecular formula is C12H16N4. The van der Waals surface area contributed by atoms with Crippen LogP contribution in [0.3, 0.4) is 0 Å². The van der Waals surface area contributed by atoms with Gasteiger partial charge >= 0.3 is 0 Å². The summed E-state index contributed by atoms with van der Waals surface area (Å²) in [6, 6.07) is 7.04. The molecule has 2 N–H and O–H groups in total. The monoisotopic (exact) mass is 216 g/mol. The highest BCUT2D eigenvalue weighted by molar-refractivity contribution is 5.82. The zero-order valence-corrected chi connectivity index (χ0v) is 9.40. The van der Waals surface area contributed by atoms with E-state index in [1.165, 1.54) is 11.1 Å². The molecule has 0 saturated carbocycles. The lowest BCUT2D eigenvalue weighted by molar-refractivity contribution is 0.501. The molecule has 2 aromatic rings. The molecule has 0 radical (unpaired) electrons. The standard InChI is InChI=1S/C12H16N4/c1-9-7-13-4-5-16(9)11-2-3-12-10(6-11)8-14-15-12/h2-3,6,8-9,13H,4-5,7H2,1H3,(H,14,15)/t9-/m0/s1. The summed E-state index contributed by atoms with van der Waals surface area (Å²) >= 11 is 0. The van der Waals surface area contributed by atoms with Crippen molar-refractivity contribution in [3.8, 4) is 0 Å². The van der Waals surface area contributed by atoms with E-state index in [0.29, 0.717) is 6.04 Å². The molecule has 1 aliphatic heterocycles. The van der Waals surface area contributed by atoms with Crippen molar-refractivity contribution in [2.75, 3.05) is 24.5 Å². The third kappa shape index (κ3) is 1.55. The average molecular weight is 216 g/mol. The van der Waals surface area contributed by atoms with Gasteiger partial charge in [0, 0.05) is 36.7 Å². The maximum absolute atomic E-state index is 4.05. The highest BCUT2D eigenvalue weighted by atomic mass is 15.2. The first kappa shape index (κ1) is 9.66. The van der Waals surface area contributed by atoms with Crippen molar-refractivity contribution in [2.24, 2.45) is 0 Å². The van der Waals surface area contributed by atoms with E-state index in [1.807, 2.05) is 6.20 Å². The van der Waals surface area contributed by atoms with Crippen LogP contribution in [0.4, 0.5) is 5.69 Å². The number of fused-ring (bicyclic) bond motifs is 1. The summed E-state index contributed by atoms with van der Waals surface area (Å²) < 4.78 is 0. The second-order valence-electron chi connectivity index (χ2n) is 4.39. The highest BCUT2D eigenvalue weighted by Crippen LogP contribution is 2.22. The lowest BCUT2D eigenvalue weighted by Crippen LogP contribution is -2.49. The second kappa shape index (κ2) is 3.79. The third-order valence-electron chi connectivity index (χ3n) is 3.26. The minimum Gasteiger partial charge on any atom is -0.366 e. The van der Waals surface area contributed by atoms with Gasteiger partial charge in [-0.3, -0.25) is 5.10 Å². The van der Waals surface area contributed by atoms with Gasteiger partial charge in [0.05, 0.1) is 11.7 Å². The number of nitrogens with zero attached hydrogens (tertiary/aromatic N) is 2. The molecule has 1 aromatic heterocycles. The molecule has 1 aliphatic rings. The number of aromatic nitrogens is 2.